The van der Waals surface area contributed by atoms with E-state index in [0.717, 1.165) is 5.69 Å². The van der Waals surface area contributed by atoms with Gasteiger partial charge in [-0.1, -0.05) is 0 Å². The minimum atomic E-state index is -0.385. The van der Waals surface area contributed by atoms with Crippen LogP contribution in [-0.2, 0) is 4.74 Å². The number of hydrogen-bond acceptors (Lipinski definition) is 5. The number of hydrogen-bond donors (Lipinski definition) is 2. The average molecular weight is 327 g/mol. The van der Waals surface area contributed by atoms with Gasteiger partial charge < -0.3 is 15.4 Å². The number of carbonyl (C=O) groups is 2. The van der Waals surface area contributed by atoms with Crippen molar-refractivity contribution in [3.05, 3.63) is 53.9 Å². The first-order chi connectivity index (χ1) is 11.3. The third-order valence-electron chi connectivity index (χ3n) is 3.08. The van der Waals surface area contributed by atoms with Crippen molar-refractivity contribution in [1.82, 2.24) is 10.3 Å². The molecule has 0 spiro atoms. The Bertz CT molecular complexity index is 734. The van der Waals surface area contributed by atoms with Crippen molar-refractivity contribution in [3.63, 3.8) is 0 Å². The topological polar surface area (TPSA) is 80.3 Å². The van der Waals surface area contributed by atoms with E-state index in [0.29, 0.717) is 16.8 Å². The number of pyridine rings is 1. The first kappa shape index (κ1) is 17.5. The lowest BCUT2D eigenvalue weighted by molar-refractivity contribution is 0.0600. The molecule has 24 heavy (non-hydrogen) atoms. The normalized spacial score (nSPS) is 10.8. The second kappa shape index (κ2) is 7.12. The first-order valence-corrected chi connectivity index (χ1v) is 7.51. The SMILES string of the molecule is COC(=O)c1ccc(Nc2cncc(C(=O)NC(C)(C)C)c2)cc1. The van der Waals surface area contributed by atoms with Gasteiger partial charge in [0.25, 0.3) is 5.91 Å². The molecule has 1 aromatic carbocycles. The van der Waals surface area contributed by atoms with Gasteiger partial charge in [-0.25, -0.2) is 4.79 Å². The number of nitrogens with one attached hydrogen (secondary N) is 2. The van der Waals surface area contributed by atoms with E-state index < -0.39 is 0 Å². The van der Waals surface area contributed by atoms with Crippen LogP contribution in [0.1, 0.15) is 41.5 Å². The second-order valence-electron chi connectivity index (χ2n) is 6.36. The predicted molar refractivity (Wildman–Crippen MR) is 92.5 cm³/mol. The van der Waals surface area contributed by atoms with Crippen LogP contribution in [0.5, 0.6) is 0 Å². The molecule has 6 nitrogen and oxygen atoms in total. The summed E-state index contributed by atoms with van der Waals surface area (Å²) in [6, 6.07) is 8.57. The summed E-state index contributed by atoms with van der Waals surface area (Å²) in [5.74, 6) is -0.566. The van der Waals surface area contributed by atoms with Crippen molar-refractivity contribution in [2.24, 2.45) is 0 Å². The smallest absolute Gasteiger partial charge is 0.337 e. The summed E-state index contributed by atoms with van der Waals surface area (Å²) < 4.78 is 4.66. The number of aromatic nitrogens is 1. The van der Waals surface area contributed by atoms with Gasteiger partial charge in [-0.15, -0.1) is 0 Å². The third-order valence-corrected chi connectivity index (χ3v) is 3.08. The highest BCUT2D eigenvalue weighted by Gasteiger charge is 2.15. The molecular formula is C18H21N3O3. The third kappa shape index (κ3) is 4.81. The predicted octanol–water partition coefficient (Wildman–Crippen LogP) is 3.14. The molecule has 0 unspecified atom stereocenters. The second-order valence-corrected chi connectivity index (χ2v) is 6.36. The zero-order valence-corrected chi connectivity index (χ0v) is 14.2. The fourth-order valence-electron chi connectivity index (χ4n) is 2.02. The fourth-order valence-corrected chi connectivity index (χ4v) is 2.02. The van der Waals surface area contributed by atoms with Crippen LogP contribution < -0.4 is 10.6 Å². The quantitative estimate of drug-likeness (QED) is 0.843. The molecule has 0 bridgehead atoms. The molecule has 0 saturated carbocycles. The number of ether oxygens (including phenoxy) is 1. The Labute approximate surface area is 141 Å². The lowest BCUT2D eigenvalue weighted by Crippen LogP contribution is -2.40. The Morgan fingerprint density at radius 2 is 1.67 bits per heavy atom. The summed E-state index contributed by atoms with van der Waals surface area (Å²) >= 11 is 0. The number of anilines is 2. The van der Waals surface area contributed by atoms with E-state index >= 15 is 0 Å². The lowest BCUT2D eigenvalue weighted by atomic mass is 10.1. The molecule has 1 amide bonds. The average Bonchev–Trinajstić information content (AvgIpc) is 2.53. The molecule has 6 heteroatoms. The maximum atomic E-state index is 12.2. The fraction of sp³-hybridized carbons (Fsp3) is 0.278. The monoisotopic (exact) mass is 327 g/mol. The summed E-state index contributed by atoms with van der Waals surface area (Å²) in [6.07, 6.45) is 3.15. The van der Waals surface area contributed by atoms with Crippen LogP contribution in [0.25, 0.3) is 0 Å². The highest BCUT2D eigenvalue weighted by Crippen LogP contribution is 2.18. The van der Waals surface area contributed by atoms with Gasteiger partial charge in [0.2, 0.25) is 0 Å². The van der Waals surface area contributed by atoms with Crippen LogP contribution >= 0.6 is 0 Å². The van der Waals surface area contributed by atoms with Crippen LogP contribution in [0, 0.1) is 0 Å². The molecule has 0 fully saturated rings. The van der Waals surface area contributed by atoms with E-state index in [1.807, 2.05) is 20.8 Å². The highest BCUT2D eigenvalue weighted by molar-refractivity contribution is 5.95. The summed E-state index contributed by atoms with van der Waals surface area (Å²) in [4.78, 5) is 27.7. The molecule has 1 heterocycles. The van der Waals surface area contributed by atoms with Crippen molar-refractivity contribution in [2.45, 2.75) is 26.3 Å². The molecule has 0 aliphatic rings. The summed E-state index contributed by atoms with van der Waals surface area (Å²) in [5, 5.41) is 6.05. The van der Waals surface area contributed by atoms with E-state index in [9.17, 15) is 9.59 Å². The van der Waals surface area contributed by atoms with Crippen molar-refractivity contribution in [3.8, 4) is 0 Å². The minimum absolute atomic E-state index is 0.181. The van der Waals surface area contributed by atoms with Gasteiger partial charge in [-0.05, 0) is 51.1 Å². The summed E-state index contributed by atoms with van der Waals surface area (Å²) in [5.41, 5.74) is 2.09. The maximum Gasteiger partial charge on any atom is 0.337 e. The van der Waals surface area contributed by atoms with Crippen molar-refractivity contribution >= 4 is 23.3 Å². The molecule has 0 aliphatic carbocycles. The van der Waals surface area contributed by atoms with Gasteiger partial charge in [0.15, 0.2) is 0 Å². The molecule has 1 aromatic heterocycles. The van der Waals surface area contributed by atoms with Gasteiger partial charge >= 0.3 is 5.97 Å². The van der Waals surface area contributed by atoms with E-state index in [1.165, 1.54) is 13.3 Å². The van der Waals surface area contributed by atoms with Crippen LogP contribution in [0.3, 0.4) is 0 Å². The number of methoxy groups -OCH3 is 1. The molecule has 0 aliphatic heterocycles. The van der Waals surface area contributed by atoms with Crippen LogP contribution in [0.4, 0.5) is 11.4 Å². The van der Waals surface area contributed by atoms with Crippen molar-refractivity contribution < 1.29 is 14.3 Å². The van der Waals surface area contributed by atoms with Gasteiger partial charge in [0.1, 0.15) is 0 Å². The zero-order valence-electron chi connectivity index (χ0n) is 14.2. The Kier molecular flexibility index (Phi) is 5.18. The molecule has 2 N–H and O–H groups in total. The highest BCUT2D eigenvalue weighted by atomic mass is 16.5. The largest absolute Gasteiger partial charge is 0.465 e. The van der Waals surface area contributed by atoms with Gasteiger partial charge in [0.05, 0.1) is 30.1 Å². The molecule has 0 saturated heterocycles. The molecule has 126 valence electrons. The Morgan fingerprint density at radius 3 is 2.25 bits per heavy atom. The lowest BCUT2D eigenvalue weighted by Gasteiger charge is -2.20. The van der Waals surface area contributed by atoms with Crippen LogP contribution in [-0.4, -0.2) is 29.5 Å². The van der Waals surface area contributed by atoms with Gasteiger partial charge in [-0.2, -0.15) is 0 Å². The van der Waals surface area contributed by atoms with Crippen LogP contribution in [0.2, 0.25) is 0 Å². The van der Waals surface area contributed by atoms with E-state index in [2.05, 4.69) is 20.4 Å². The number of rotatable bonds is 4. The molecule has 2 rings (SSSR count). The van der Waals surface area contributed by atoms with Gasteiger partial charge in [-0.3, -0.25) is 9.78 Å². The number of carbonyl (C=O) groups excluding carboxylic acids is 2. The van der Waals surface area contributed by atoms with Crippen LogP contribution in [0.15, 0.2) is 42.7 Å². The van der Waals surface area contributed by atoms with Crippen molar-refractivity contribution in [2.75, 3.05) is 12.4 Å². The van der Waals surface area contributed by atoms with E-state index in [4.69, 9.17) is 0 Å². The number of amides is 1. The molecule has 2 aromatic rings. The number of nitrogens with zero attached hydrogens (tertiary/aromatic N) is 1. The number of esters is 1. The van der Waals surface area contributed by atoms with E-state index in [-0.39, 0.29) is 17.4 Å². The van der Waals surface area contributed by atoms with E-state index in [1.54, 1.807) is 36.5 Å². The molecular weight excluding hydrogens is 306 g/mol. The molecule has 0 atom stereocenters. The number of benzene rings is 1. The Balaban J connectivity index is 2.12. The Hall–Kier alpha value is -2.89. The zero-order chi connectivity index (χ0) is 17.7. The Morgan fingerprint density at radius 1 is 1.00 bits per heavy atom. The standard InChI is InChI=1S/C18H21N3O3/c1-18(2,3)21-16(22)13-9-15(11-19-10-13)20-14-7-5-12(6-8-14)17(23)24-4/h5-11,20H,1-4H3,(H,21,22). The van der Waals surface area contributed by atoms with Crippen molar-refractivity contribution in [1.29, 1.82) is 0 Å². The summed E-state index contributed by atoms with van der Waals surface area (Å²) in [6.45, 7) is 5.76. The maximum absolute atomic E-state index is 12.2. The first-order valence-electron chi connectivity index (χ1n) is 7.51. The van der Waals surface area contributed by atoms with Gasteiger partial charge in [0, 0.05) is 17.4 Å². The summed E-state index contributed by atoms with van der Waals surface area (Å²) in [7, 11) is 1.34. The molecule has 0 radical (unpaired) electrons. The minimum Gasteiger partial charge on any atom is -0.465 e.